The van der Waals surface area contributed by atoms with Crippen molar-refractivity contribution in [1.82, 2.24) is 14.1 Å². The van der Waals surface area contributed by atoms with Gasteiger partial charge < -0.3 is 14.4 Å². The Bertz CT molecular complexity index is 1190. The summed E-state index contributed by atoms with van der Waals surface area (Å²) < 4.78 is 39.2. The lowest BCUT2D eigenvalue weighted by atomic mass is 9.99. The third-order valence-electron chi connectivity index (χ3n) is 6.75. The first-order chi connectivity index (χ1) is 17.0. The number of hydrogen-bond acceptors (Lipinski definition) is 6. The molecule has 1 fully saturated rings. The molecular weight excluding hydrogens is 466 g/mol. The van der Waals surface area contributed by atoms with Crippen LogP contribution in [0.3, 0.4) is 0 Å². The molecule has 0 spiro atoms. The second kappa shape index (κ2) is 10.4. The smallest absolute Gasteiger partial charge is 0.243 e. The van der Waals surface area contributed by atoms with Crippen molar-refractivity contribution in [2.75, 3.05) is 59.0 Å². The van der Waals surface area contributed by atoms with Gasteiger partial charge in [0.2, 0.25) is 15.9 Å². The Morgan fingerprint density at radius 3 is 2.34 bits per heavy atom. The van der Waals surface area contributed by atoms with Crippen LogP contribution in [0.4, 0.5) is 0 Å². The minimum absolute atomic E-state index is 0.0903. The van der Waals surface area contributed by atoms with Crippen molar-refractivity contribution in [2.45, 2.75) is 17.7 Å². The maximum atomic E-state index is 13.2. The number of piperazine rings is 1. The number of rotatable bonds is 5. The van der Waals surface area contributed by atoms with Crippen LogP contribution < -0.4 is 9.47 Å². The minimum atomic E-state index is -3.64. The number of sulfonamides is 1. The van der Waals surface area contributed by atoms with Crippen molar-refractivity contribution >= 4 is 21.5 Å². The highest BCUT2D eigenvalue weighted by Gasteiger charge is 2.31. The van der Waals surface area contributed by atoms with E-state index in [9.17, 15) is 13.2 Å². The van der Waals surface area contributed by atoms with Gasteiger partial charge in [0.25, 0.3) is 0 Å². The van der Waals surface area contributed by atoms with Gasteiger partial charge in [-0.2, -0.15) is 4.31 Å². The first-order valence-electron chi connectivity index (χ1n) is 12.1. The quantitative estimate of drug-likeness (QED) is 0.632. The van der Waals surface area contributed by atoms with E-state index in [0.717, 1.165) is 12.8 Å². The van der Waals surface area contributed by atoms with E-state index in [1.54, 1.807) is 18.2 Å². The molecule has 0 saturated carbocycles. The van der Waals surface area contributed by atoms with Gasteiger partial charge in [0.1, 0.15) is 0 Å². The van der Waals surface area contributed by atoms with E-state index in [2.05, 4.69) is 18.2 Å². The average Bonchev–Trinajstić information content (AvgIpc) is 3.15. The Morgan fingerprint density at radius 1 is 0.886 bits per heavy atom. The molecule has 0 radical (unpaired) electrons. The molecule has 0 aromatic heterocycles. The lowest BCUT2D eigenvalue weighted by molar-refractivity contribution is -0.132. The third kappa shape index (κ3) is 5.37. The molecule has 0 bridgehead atoms. The predicted octanol–water partition coefficient (Wildman–Crippen LogP) is 2.47. The fourth-order valence-electron chi connectivity index (χ4n) is 4.68. The molecule has 2 aromatic rings. The molecule has 5 rings (SSSR count). The lowest BCUT2D eigenvalue weighted by Crippen LogP contribution is -2.51. The van der Waals surface area contributed by atoms with Crippen LogP contribution in [0.5, 0.6) is 11.5 Å². The van der Waals surface area contributed by atoms with Crippen molar-refractivity contribution in [1.29, 1.82) is 0 Å². The van der Waals surface area contributed by atoms with Crippen LogP contribution >= 0.6 is 0 Å². The predicted molar refractivity (Wildman–Crippen MR) is 133 cm³/mol. The molecule has 8 nitrogen and oxygen atoms in total. The SMILES string of the molecule is O=C(CN1CCN(S(=O)(=O)c2ccc3c(c2)OCCCO3)CC1)N1CC=C(c2ccccc2)CC1. The van der Waals surface area contributed by atoms with E-state index in [0.29, 0.717) is 70.5 Å². The summed E-state index contributed by atoms with van der Waals surface area (Å²) in [5.74, 6) is 1.14. The largest absolute Gasteiger partial charge is 0.490 e. The van der Waals surface area contributed by atoms with E-state index in [4.69, 9.17) is 9.47 Å². The van der Waals surface area contributed by atoms with Gasteiger partial charge in [-0.05, 0) is 29.7 Å². The molecule has 3 heterocycles. The van der Waals surface area contributed by atoms with Crippen molar-refractivity contribution in [3.63, 3.8) is 0 Å². The van der Waals surface area contributed by atoms with Gasteiger partial charge in [0.05, 0.1) is 24.7 Å². The highest BCUT2D eigenvalue weighted by Crippen LogP contribution is 2.33. The van der Waals surface area contributed by atoms with E-state index < -0.39 is 10.0 Å². The Labute approximate surface area is 206 Å². The molecule has 186 valence electrons. The van der Waals surface area contributed by atoms with Crippen molar-refractivity contribution < 1.29 is 22.7 Å². The molecule has 1 amide bonds. The van der Waals surface area contributed by atoms with Gasteiger partial charge in [-0.3, -0.25) is 9.69 Å². The topological polar surface area (TPSA) is 79.4 Å². The zero-order valence-corrected chi connectivity index (χ0v) is 20.6. The average molecular weight is 498 g/mol. The number of benzene rings is 2. The summed E-state index contributed by atoms with van der Waals surface area (Å²) in [7, 11) is -3.64. The molecule has 3 aliphatic rings. The Morgan fingerprint density at radius 2 is 1.63 bits per heavy atom. The molecule has 2 aromatic carbocycles. The molecule has 35 heavy (non-hydrogen) atoms. The summed E-state index contributed by atoms with van der Waals surface area (Å²) >= 11 is 0. The van der Waals surface area contributed by atoms with E-state index in [-0.39, 0.29) is 10.8 Å². The highest BCUT2D eigenvalue weighted by atomic mass is 32.2. The van der Waals surface area contributed by atoms with Gasteiger partial charge >= 0.3 is 0 Å². The normalized spacial score (nSPS) is 19.7. The molecular formula is C26H31N3O5S. The molecule has 3 aliphatic heterocycles. The van der Waals surface area contributed by atoms with Gasteiger partial charge in [0, 0.05) is 51.8 Å². The molecule has 0 aliphatic carbocycles. The number of hydrogen-bond donors (Lipinski definition) is 0. The Hall–Kier alpha value is -2.88. The fourth-order valence-corrected chi connectivity index (χ4v) is 6.12. The van der Waals surface area contributed by atoms with Crippen LogP contribution in [0.25, 0.3) is 5.57 Å². The molecule has 9 heteroatoms. The van der Waals surface area contributed by atoms with Crippen molar-refractivity contribution in [2.24, 2.45) is 0 Å². The van der Waals surface area contributed by atoms with Gasteiger partial charge in [-0.1, -0.05) is 36.4 Å². The minimum Gasteiger partial charge on any atom is -0.490 e. The lowest BCUT2D eigenvalue weighted by Gasteiger charge is -2.35. The number of fused-ring (bicyclic) bond motifs is 1. The van der Waals surface area contributed by atoms with Crippen LogP contribution in [-0.2, 0) is 14.8 Å². The van der Waals surface area contributed by atoms with E-state index in [1.807, 2.05) is 28.0 Å². The molecule has 1 saturated heterocycles. The van der Waals surface area contributed by atoms with Crippen LogP contribution in [0.15, 0.2) is 59.5 Å². The number of ether oxygens (including phenoxy) is 2. The van der Waals surface area contributed by atoms with Crippen LogP contribution in [0.2, 0.25) is 0 Å². The Kier molecular flexibility index (Phi) is 7.08. The first kappa shape index (κ1) is 23.8. The van der Waals surface area contributed by atoms with Crippen LogP contribution in [0.1, 0.15) is 18.4 Å². The van der Waals surface area contributed by atoms with Gasteiger partial charge in [-0.25, -0.2) is 8.42 Å². The number of amides is 1. The zero-order chi connectivity index (χ0) is 24.3. The summed E-state index contributed by atoms with van der Waals surface area (Å²) in [5, 5.41) is 0. The fraction of sp³-hybridized carbons (Fsp3) is 0.423. The summed E-state index contributed by atoms with van der Waals surface area (Å²) in [6.07, 6.45) is 3.74. The van der Waals surface area contributed by atoms with Crippen molar-refractivity contribution in [3.8, 4) is 11.5 Å². The summed E-state index contributed by atoms with van der Waals surface area (Å²) in [5.41, 5.74) is 2.49. The summed E-state index contributed by atoms with van der Waals surface area (Å²) in [6, 6.07) is 15.1. The zero-order valence-electron chi connectivity index (χ0n) is 19.8. The van der Waals surface area contributed by atoms with Crippen LogP contribution in [0, 0.1) is 0 Å². The maximum Gasteiger partial charge on any atom is 0.243 e. The van der Waals surface area contributed by atoms with E-state index in [1.165, 1.54) is 15.4 Å². The van der Waals surface area contributed by atoms with Gasteiger partial charge in [-0.15, -0.1) is 0 Å². The van der Waals surface area contributed by atoms with Gasteiger partial charge in [0.15, 0.2) is 11.5 Å². The first-order valence-corrected chi connectivity index (χ1v) is 13.6. The second-order valence-corrected chi connectivity index (χ2v) is 11.0. The highest BCUT2D eigenvalue weighted by molar-refractivity contribution is 7.89. The summed E-state index contributed by atoms with van der Waals surface area (Å²) in [4.78, 5) is 17.0. The Balaban J connectivity index is 1.15. The number of carbonyl (C=O) groups excluding carboxylic acids is 1. The number of nitrogens with zero attached hydrogens (tertiary/aromatic N) is 3. The molecule has 0 unspecified atom stereocenters. The standard InChI is InChI=1S/C26H31N3O5S/c30-26(28-11-9-22(10-12-28)21-5-2-1-3-6-21)20-27-13-15-29(16-14-27)35(31,32)23-7-8-24-25(19-23)34-18-4-17-33-24/h1-3,5-9,19H,4,10-18,20H2. The maximum absolute atomic E-state index is 13.2. The molecule has 0 N–H and O–H groups in total. The molecule has 0 atom stereocenters. The third-order valence-corrected chi connectivity index (χ3v) is 8.65. The summed E-state index contributed by atoms with van der Waals surface area (Å²) in [6.45, 7) is 4.43. The number of carbonyl (C=O) groups is 1. The van der Waals surface area contributed by atoms with E-state index >= 15 is 0 Å². The van der Waals surface area contributed by atoms with Crippen molar-refractivity contribution in [3.05, 3.63) is 60.2 Å². The van der Waals surface area contributed by atoms with Crippen LogP contribution in [-0.4, -0.2) is 87.5 Å². The monoisotopic (exact) mass is 497 g/mol. The second-order valence-electron chi connectivity index (χ2n) is 9.02.